The molecule has 0 fully saturated rings. The fourth-order valence-corrected chi connectivity index (χ4v) is 6.59. The molecule has 0 N–H and O–H groups in total. The summed E-state index contributed by atoms with van der Waals surface area (Å²) in [5.74, 6) is -1.74. The van der Waals surface area contributed by atoms with E-state index in [9.17, 15) is 19.5 Å². The van der Waals surface area contributed by atoms with Crippen LogP contribution in [0.4, 0.5) is 0 Å². The SMILES string of the molecule is CCCCC/C=C/C=C/CCCCCCCCC(=O)OC(COCCC(C(=O)[O-])[N+](C)(C)C)COC(=O)CCCCCCCCCCCCCCCCC. The van der Waals surface area contributed by atoms with Gasteiger partial charge in [0.2, 0.25) is 0 Å². The standard InChI is InChI=1S/C46H85NO7/c1-6-8-10-12-14-16-18-20-22-24-26-28-30-32-34-36-44(48)53-41-42(40-52-39-38-43(46(50)51)47(3,4)5)54-45(49)37-35-33-31-29-27-25-23-21-19-17-15-13-11-9-7-2/h15,17,19,21,42-43H,6-14,16,18,20,22-41H2,1-5H3/b17-15+,21-19+. The maximum Gasteiger partial charge on any atom is 0.306 e. The third-order valence-corrected chi connectivity index (χ3v) is 10.1. The van der Waals surface area contributed by atoms with Crippen molar-refractivity contribution in [1.82, 2.24) is 0 Å². The smallest absolute Gasteiger partial charge is 0.306 e. The van der Waals surface area contributed by atoms with E-state index in [1.54, 1.807) is 21.1 Å². The fraction of sp³-hybridized carbons (Fsp3) is 0.848. The molecule has 0 aliphatic carbocycles. The Labute approximate surface area is 332 Å². The number of carboxylic acid groups (broad SMARTS) is 1. The first-order valence-corrected chi connectivity index (χ1v) is 22.4. The van der Waals surface area contributed by atoms with Crippen LogP contribution in [0.2, 0.25) is 0 Å². The third-order valence-electron chi connectivity index (χ3n) is 10.1. The third kappa shape index (κ3) is 35.5. The van der Waals surface area contributed by atoms with E-state index in [1.165, 1.54) is 109 Å². The van der Waals surface area contributed by atoms with Gasteiger partial charge in [-0.2, -0.15) is 0 Å². The zero-order valence-electron chi connectivity index (χ0n) is 35.9. The number of carboxylic acids is 1. The van der Waals surface area contributed by atoms with E-state index in [-0.39, 0.29) is 42.7 Å². The van der Waals surface area contributed by atoms with Crippen molar-refractivity contribution in [2.75, 3.05) is 41.0 Å². The Morgan fingerprint density at radius 2 is 0.963 bits per heavy atom. The Kier molecular flexibility index (Phi) is 36.2. The van der Waals surface area contributed by atoms with Gasteiger partial charge in [-0.05, 0) is 38.5 Å². The van der Waals surface area contributed by atoms with Crippen LogP contribution in [0.5, 0.6) is 0 Å². The topological polar surface area (TPSA) is 102 Å². The molecular formula is C46H85NO7. The highest BCUT2D eigenvalue weighted by Crippen LogP contribution is 2.15. The number of hydrogen-bond donors (Lipinski definition) is 0. The average Bonchev–Trinajstić information content (AvgIpc) is 3.12. The van der Waals surface area contributed by atoms with Crippen LogP contribution in [-0.2, 0) is 28.6 Å². The number of carbonyl (C=O) groups is 3. The molecule has 0 saturated heterocycles. The van der Waals surface area contributed by atoms with Crippen LogP contribution in [0.15, 0.2) is 24.3 Å². The zero-order valence-corrected chi connectivity index (χ0v) is 35.9. The second-order valence-electron chi connectivity index (χ2n) is 16.3. The van der Waals surface area contributed by atoms with Gasteiger partial charge in [-0.3, -0.25) is 9.59 Å². The number of allylic oxidation sites excluding steroid dienone is 4. The first-order chi connectivity index (χ1) is 26.1. The molecule has 0 aromatic heterocycles. The van der Waals surface area contributed by atoms with Crippen molar-refractivity contribution in [3.05, 3.63) is 24.3 Å². The first kappa shape index (κ1) is 51.8. The van der Waals surface area contributed by atoms with Crippen molar-refractivity contribution in [2.45, 2.75) is 212 Å². The Morgan fingerprint density at radius 1 is 0.556 bits per heavy atom. The minimum atomic E-state index is -1.13. The summed E-state index contributed by atoms with van der Waals surface area (Å²) in [5, 5.41) is 11.6. The van der Waals surface area contributed by atoms with Crippen molar-refractivity contribution < 1.29 is 38.2 Å². The van der Waals surface area contributed by atoms with Crippen LogP contribution in [0.25, 0.3) is 0 Å². The molecule has 8 nitrogen and oxygen atoms in total. The van der Waals surface area contributed by atoms with E-state index in [0.717, 1.165) is 57.8 Å². The first-order valence-electron chi connectivity index (χ1n) is 22.4. The number of unbranched alkanes of at least 4 members (excludes halogenated alkanes) is 23. The van der Waals surface area contributed by atoms with Gasteiger partial charge in [-0.15, -0.1) is 0 Å². The van der Waals surface area contributed by atoms with Gasteiger partial charge < -0.3 is 28.6 Å². The molecule has 0 aliphatic heterocycles. The van der Waals surface area contributed by atoms with E-state index in [1.807, 2.05) is 0 Å². The Bertz CT molecular complexity index is 942. The van der Waals surface area contributed by atoms with Crippen molar-refractivity contribution >= 4 is 17.9 Å². The molecule has 0 heterocycles. The van der Waals surface area contributed by atoms with Gasteiger partial charge in [0, 0.05) is 19.3 Å². The average molecular weight is 764 g/mol. The lowest BCUT2D eigenvalue weighted by molar-refractivity contribution is -0.889. The minimum absolute atomic E-state index is 0.0397. The normalized spacial score (nSPS) is 13.1. The largest absolute Gasteiger partial charge is 0.544 e. The molecule has 0 aromatic carbocycles. The highest BCUT2D eigenvalue weighted by Gasteiger charge is 2.25. The summed E-state index contributed by atoms with van der Waals surface area (Å²) in [6.45, 7) is 4.64. The lowest BCUT2D eigenvalue weighted by atomic mass is 10.0. The van der Waals surface area contributed by atoms with Gasteiger partial charge in [0.25, 0.3) is 0 Å². The lowest BCUT2D eigenvalue weighted by Gasteiger charge is -2.34. The molecule has 0 aromatic rings. The number of carbonyl (C=O) groups excluding carboxylic acids is 3. The number of aliphatic carboxylic acids is 1. The molecule has 8 heteroatoms. The van der Waals surface area contributed by atoms with Crippen LogP contribution >= 0.6 is 0 Å². The number of quaternary nitrogens is 1. The number of esters is 2. The second kappa shape index (κ2) is 37.7. The van der Waals surface area contributed by atoms with E-state index in [0.29, 0.717) is 12.8 Å². The van der Waals surface area contributed by atoms with Gasteiger partial charge >= 0.3 is 11.9 Å². The molecule has 2 unspecified atom stereocenters. The predicted molar refractivity (Wildman–Crippen MR) is 222 cm³/mol. The summed E-state index contributed by atoms with van der Waals surface area (Å²) in [7, 11) is 5.41. The molecule has 0 rings (SSSR count). The number of rotatable bonds is 40. The molecule has 0 radical (unpaired) electrons. The highest BCUT2D eigenvalue weighted by molar-refractivity contribution is 5.70. The molecule has 2 atom stereocenters. The van der Waals surface area contributed by atoms with Gasteiger partial charge in [-0.25, -0.2) is 0 Å². The number of hydrogen-bond acceptors (Lipinski definition) is 7. The molecule has 0 spiro atoms. The Morgan fingerprint density at radius 3 is 1.43 bits per heavy atom. The van der Waals surface area contributed by atoms with E-state index >= 15 is 0 Å². The zero-order chi connectivity index (χ0) is 40.0. The lowest BCUT2D eigenvalue weighted by Crippen LogP contribution is -2.55. The van der Waals surface area contributed by atoms with Crippen molar-refractivity contribution in [2.24, 2.45) is 0 Å². The van der Waals surface area contributed by atoms with Crippen LogP contribution in [0.3, 0.4) is 0 Å². The molecule has 0 saturated carbocycles. The number of likely N-dealkylation sites (N-methyl/N-ethyl adjacent to an activating group) is 1. The van der Waals surface area contributed by atoms with Crippen molar-refractivity contribution in [3.63, 3.8) is 0 Å². The molecule has 0 aliphatic rings. The molecule has 316 valence electrons. The van der Waals surface area contributed by atoms with Gasteiger partial charge in [0.05, 0.1) is 40.3 Å². The summed E-state index contributed by atoms with van der Waals surface area (Å²) in [6, 6.07) is -0.725. The van der Waals surface area contributed by atoms with Gasteiger partial charge in [0.1, 0.15) is 12.6 Å². The summed E-state index contributed by atoms with van der Waals surface area (Å²) < 4.78 is 17.2. The van der Waals surface area contributed by atoms with Crippen LogP contribution < -0.4 is 5.11 Å². The quantitative estimate of drug-likeness (QED) is 0.0265. The minimum Gasteiger partial charge on any atom is -0.544 e. The van der Waals surface area contributed by atoms with Gasteiger partial charge in [-0.1, -0.05) is 167 Å². The van der Waals surface area contributed by atoms with Crippen LogP contribution in [0.1, 0.15) is 200 Å². The monoisotopic (exact) mass is 764 g/mol. The van der Waals surface area contributed by atoms with Crippen molar-refractivity contribution in [1.29, 1.82) is 0 Å². The maximum atomic E-state index is 12.7. The predicted octanol–water partition coefficient (Wildman–Crippen LogP) is 10.7. The molecule has 54 heavy (non-hydrogen) atoms. The van der Waals surface area contributed by atoms with Crippen LogP contribution in [-0.4, -0.2) is 75.5 Å². The Balaban J connectivity index is 4.34. The van der Waals surface area contributed by atoms with E-state index in [2.05, 4.69) is 38.2 Å². The molecule has 0 amide bonds. The van der Waals surface area contributed by atoms with Crippen LogP contribution in [0, 0.1) is 0 Å². The molecule has 0 bridgehead atoms. The number of nitrogens with zero attached hydrogens (tertiary/aromatic N) is 1. The Hall–Kier alpha value is -2.19. The summed E-state index contributed by atoms with van der Waals surface area (Å²) >= 11 is 0. The summed E-state index contributed by atoms with van der Waals surface area (Å²) in [5.41, 5.74) is 0. The maximum absolute atomic E-state index is 12.7. The van der Waals surface area contributed by atoms with E-state index < -0.39 is 18.1 Å². The fourth-order valence-electron chi connectivity index (χ4n) is 6.59. The number of ether oxygens (including phenoxy) is 3. The highest BCUT2D eigenvalue weighted by atomic mass is 16.6. The van der Waals surface area contributed by atoms with Crippen molar-refractivity contribution in [3.8, 4) is 0 Å². The molecular weight excluding hydrogens is 679 g/mol. The van der Waals surface area contributed by atoms with Gasteiger partial charge in [0.15, 0.2) is 6.10 Å². The van der Waals surface area contributed by atoms with E-state index in [4.69, 9.17) is 14.2 Å². The summed E-state index contributed by atoms with van der Waals surface area (Å²) in [4.78, 5) is 36.8. The summed E-state index contributed by atoms with van der Waals surface area (Å²) in [6.07, 6.45) is 40.5. The second-order valence-corrected chi connectivity index (χ2v) is 16.3.